The average Bonchev–Trinajstić information content (AvgIpc) is 2.80. The van der Waals surface area contributed by atoms with E-state index in [4.69, 9.17) is 16.7 Å². The van der Waals surface area contributed by atoms with Crippen molar-refractivity contribution in [3.05, 3.63) is 23.0 Å². The van der Waals surface area contributed by atoms with Gasteiger partial charge in [0.05, 0.1) is 5.02 Å². The Morgan fingerprint density at radius 3 is 3.07 bits per heavy atom. The molecule has 82 valence electrons. The van der Waals surface area contributed by atoms with Crippen molar-refractivity contribution < 1.29 is 9.90 Å². The SMILES string of the molecule is CCCC1CC1n1cc(Cl)cc1C(=O)O. The highest BCUT2D eigenvalue weighted by Crippen LogP contribution is 2.47. The molecule has 1 aliphatic carbocycles. The molecule has 1 N–H and O–H groups in total. The number of hydrogen-bond donors (Lipinski definition) is 1. The van der Waals surface area contributed by atoms with Gasteiger partial charge in [0, 0.05) is 12.2 Å². The Morgan fingerprint density at radius 2 is 2.47 bits per heavy atom. The van der Waals surface area contributed by atoms with Crippen LogP contribution < -0.4 is 0 Å². The lowest BCUT2D eigenvalue weighted by molar-refractivity contribution is 0.0684. The van der Waals surface area contributed by atoms with Crippen molar-refractivity contribution in [2.45, 2.75) is 32.2 Å². The van der Waals surface area contributed by atoms with Crippen LogP contribution in [0.15, 0.2) is 12.3 Å². The molecule has 1 saturated carbocycles. The van der Waals surface area contributed by atoms with Crippen LogP contribution in [0.25, 0.3) is 0 Å². The molecule has 1 aromatic heterocycles. The van der Waals surface area contributed by atoms with Crippen molar-refractivity contribution in [1.29, 1.82) is 0 Å². The van der Waals surface area contributed by atoms with Gasteiger partial charge in [-0.3, -0.25) is 0 Å². The molecule has 3 nitrogen and oxygen atoms in total. The van der Waals surface area contributed by atoms with Crippen LogP contribution in [0.4, 0.5) is 0 Å². The lowest BCUT2D eigenvalue weighted by Gasteiger charge is -2.04. The number of carbonyl (C=O) groups is 1. The number of halogens is 1. The third kappa shape index (κ3) is 2.02. The summed E-state index contributed by atoms with van der Waals surface area (Å²) in [7, 11) is 0. The number of aromatic carboxylic acids is 1. The summed E-state index contributed by atoms with van der Waals surface area (Å²) >= 11 is 5.82. The van der Waals surface area contributed by atoms with Crippen molar-refractivity contribution in [3.63, 3.8) is 0 Å². The Labute approximate surface area is 93.7 Å². The zero-order valence-corrected chi connectivity index (χ0v) is 9.37. The van der Waals surface area contributed by atoms with Crippen LogP contribution in [0.3, 0.4) is 0 Å². The second kappa shape index (κ2) is 3.89. The summed E-state index contributed by atoms with van der Waals surface area (Å²) in [6.45, 7) is 2.15. The van der Waals surface area contributed by atoms with E-state index in [0.717, 1.165) is 12.8 Å². The van der Waals surface area contributed by atoms with E-state index in [1.54, 1.807) is 6.20 Å². The highest BCUT2D eigenvalue weighted by Gasteiger charge is 2.39. The molecule has 15 heavy (non-hydrogen) atoms. The normalized spacial score (nSPS) is 24.1. The molecule has 0 radical (unpaired) electrons. The van der Waals surface area contributed by atoms with E-state index < -0.39 is 5.97 Å². The number of nitrogens with zero attached hydrogens (tertiary/aromatic N) is 1. The lowest BCUT2D eigenvalue weighted by Crippen LogP contribution is -2.06. The monoisotopic (exact) mass is 227 g/mol. The van der Waals surface area contributed by atoms with Gasteiger partial charge in [0.15, 0.2) is 0 Å². The number of carboxylic acid groups (broad SMARTS) is 1. The van der Waals surface area contributed by atoms with E-state index in [9.17, 15) is 4.79 Å². The van der Waals surface area contributed by atoms with E-state index in [0.29, 0.717) is 22.7 Å². The lowest BCUT2D eigenvalue weighted by atomic mass is 10.2. The maximum Gasteiger partial charge on any atom is 0.352 e. The summed E-state index contributed by atoms with van der Waals surface area (Å²) in [5.41, 5.74) is 0.309. The number of aromatic nitrogens is 1. The highest BCUT2D eigenvalue weighted by atomic mass is 35.5. The second-order valence-electron chi connectivity index (χ2n) is 4.11. The van der Waals surface area contributed by atoms with Gasteiger partial charge in [0.1, 0.15) is 5.69 Å². The van der Waals surface area contributed by atoms with Crippen LogP contribution in [0.2, 0.25) is 5.02 Å². The summed E-state index contributed by atoms with van der Waals surface area (Å²) < 4.78 is 1.81. The van der Waals surface area contributed by atoms with E-state index in [2.05, 4.69) is 6.92 Å². The smallest absolute Gasteiger partial charge is 0.352 e. The topological polar surface area (TPSA) is 42.2 Å². The molecule has 0 bridgehead atoms. The highest BCUT2D eigenvalue weighted by molar-refractivity contribution is 6.30. The first-order valence-electron chi connectivity index (χ1n) is 5.24. The molecular formula is C11H14ClNO2. The van der Waals surface area contributed by atoms with Gasteiger partial charge in [-0.25, -0.2) is 4.79 Å². The molecule has 4 heteroatoms. The minimum atomic E-state index is -0.899. The zero-order chi connectivity index (χ0) is 11.0. The molecule has 2 rings (SSSR count). The van der Waals surface area contributed by atoms with Crippen LogP contribution >= 0.6 is 11.6 Å². The predicted molar refractivity (Wildman–Crippen MR) is 58.5 cm³/mol. The molecule has 1 fully saturated rings. The summed E-state index contributed by atoms with van der Waals surface area (Å²) in [6.07, 6.45) is 5.13. The molecule has 0 saturated heterocycles. The standard InChI is InChI=1S/C11H14ClNO2/c1-2-3-7-4-9(7)13-6-8(12)5-10(13)11(14)15/h5-7,9H,2-4H2,1H3,(H,14,15). The maximum atomic E-state index is 11.0. The van der Waals surface area contributed by atoms with Crippen molar-refractivity contribution >= 4 is 17.6 Å². The number of rotatable bonds is 4. The summed E-state index contributed by atoms with van der Waals surface area (Å²) in [4.78, 5) is 11.0. The van der Waals surface area contributed by atoms with Gasteiger partial charge in [0.2, 0.25) is 0 Å². The first-order chi connectivity index (χ1) is 7.13. The third-order valence-corrected chi connectivity index (χ3v) is 3.14. The van der Waals surface area contributed by atoms with Gasteiger partial charge in [-0.05, 0) is 24.8 Å². The fourth-order valence-electron chi connectivity index (χ4n) is 2.14. The van der Waals surface area contributed by atoms with E-state index >= 15 is 0 Å². The fourth-order valence-corrected chi connectivity index (χ4v) is 2.35. The quantitative estimate of drug-likeness (QED) is 0.858. The zero-order valence-electron chi connectivity index (χ0n) is 8.61. The molecule has 0 spiro atoms. The van der Waals surface area contributed by atoms with Crippen LogP contribution in [0.1, 0.15) is 42.7 Å². The molecule has 0 aliphatic heterocycles. The van der Waals surface area contributed by atoms with Crippen LogP contribution in [0, 0.1) is 5.92 Å². The van der Waals surface area contributed by atoms with Gasteiger partial charge in [-0.1, -0.05) is 24.9 Å². The van der Waals surface area contributed by atoms with Crippen molar-refractivity contribution in [2.24, 2.45) is 5.92 Å². The summed E-state index contributed by atoms with van der Waals surface area (Å²) in [5.74, 6) is -0.263. The van der Waals surface area contributed by atoms with Crippen molar-refractivity contribution in [1.82, 2.24) is 4.57 Å². The van der Waals surface area contributed by atoms with E-state index in [1.165, 1.54) is 12.5 Å². The molecule has 0 amide bonds. The van der Waals surface area contributed by atoms with Gasteiger partial charge in [0.25, 0.3) is 0 Å². The Morgan fingerprint density at radius 1 is 1.73 bits per heavy atom. The molecule has 0 aromatic carbocycles. The number of carboxylic acids is 1. The largest absolute Gasteiger partial charge is 0.477 e. The second-order valence-corrected chi connectivity index (χ2v) is 4.54. The van der Waals surface area contributed by atoms with Gasteiger partial charge >= 0.3 is 5.97 Å². The maximum absolute atomic E-state index is 11.0. The average molecular weight is 228 g/mol. The molecule has 2 unspecified atom stereocenters. The molecule has 1 aliphatic rings. The van der Waals surface area contributed by atoms with Crippen LogP contribution in [-0.2, 0) is 0 Å². The Hall–Kier alpha value is -0.960. The minimum absolute atomic E-state index is 0.309. The summed E-state index contributed by atoms with van der Waals surface area (Å²) in [6, 6.07) is 1.87. The molecule has 1 aromatic rings. The first kappa shape index (κ1) is 10.6. The van der Waals surface area contributed by atoms with Gasteiger partial charge < -0.3 is 9.67 Å². The third-order valence-electron chi connectivity index (χ3n) is 2.94. The van der Waals surface area contributed by atoms with Crippen LogP contribution in [-0.4, -0.2) is 15.6 Å². The number of hydrogen-bond acceptors (Lipinski definition) is 1. The Kier molecular flexibility index (Phi) is 2.74. The Balaban J connectivity index is 2.18. The van der Waals surface area contributed by atoms with Crippen molar-refractivity contribution in [2.75, 3.05) is 0 Å². The molecule has 1 heterocycles. The van der Waals surface area contributed by atoms with E-state index in [-0.39, 0.29) is 0 Å². The first-order valence-corrected chi connectivity index (χ1v) is 5.62. The van der Waals surface area contributed by atoms with Gasteiger partial charge in [-0.15, -0.1) is 0 Å². The van der Waals surface area contributed by atoms with Crippen LogP contribution in [0.5, 0.6) is 0 Å². The minimum Gasteiger partial charge on any atom is -0.477 e. The Bertz CT molecular complexity index is 386. The van der Waals surface area contributed by atoms with E-state index in [1.807, 2.05) is 4.57 Å². The molecule has 2 atom stereocenters. The van der Waals surface area contributed by atoms with Crippen molar-refractivity contribution in [3.8, 4) is 0 Å². The molecular weight excluding hydrogens is 214 g/mol. The summed E-state index contributed by atoms with van der Waals surface area (Å²) in [5, 5.41) is 9.50. The fraction of sp³-hybridized carbons (Fsp3) is 0.545. The predicted octanol–water partition coefficient (Wildman–Crippen LogP) is 3.20. The van der Waals surface area contributed by atoms with Gasteiger partial charge in [-0.2, -0.15) is 0 Å².